The Morgan fingerprint density at radius 3 is 2.19 bits per heavy atom. The number of aliphatic hydroxyl groups excluding tert-OH is 1. The lowest BCUT2D eigenvalue weighted by molar-refractivity contribution is 0.156. The first-order chi connectivity index (χ1) is 9.90. The second kappa shape index (κ2) is 9.26. The van der Waals surface area contributed by atoms with Crippen molar-refractivity contribution >= 4 is 8.32 Å². The van der Waals surface area contributed by atoms with E-state index in [1.807, 2.05) is 6.92 Å². The fourth-order valence-corrected chi connectivity index (χ4v) is 3.19. The van der Waals surface area contributed by atoms with Gasteiger partial charge in [-0.2, -0.15) is 0 Å². The van der Waals surface area contributed by atoms with Crippen molar-refractivity contribution in [3.63, 3.8) is 0 Å². The zero-order chi connectivity index (χ0) is 15.7. The minimum atomic E-state index is -1.49. The van der Waals surface area contributed by atoms with Crippen molar-refractivity contribution in [1.82, 2.24) is 0 Å². The summed E-state index contributed by atoms with van der Waals surface area (Å²) < 4.78 is 5.96. The third-order valence-corrected chi connectivity index (χ3v) is 4.42. The lowest BCUT2D eigenvalue weighted by Gasteiger charge is -2.19. The highest BCUT2D eigenvalue weighted by Gasteiger charge is 2.15. The minimum absolute atomic E-state index is 0.0936. The van der Waals surface area contributed by atoms with Gasteiger partial charge in [0.1, 0.15) is 5.75 Å². The van der Waals surface area contributed by atoms with Crippen LogP contribution in [0.15, 0.2) is 24.3 Å². The second-order valence-corrected chi connectivity index (χ2v) is 11.3. The first-order valence-electron chi connectivity index (χ1n) is 8.36. The summed E-state index contributed by atoms with van der Waals surface area (Å²) in [5, 5.41) is 9.49. The van der Waals surface area contributed by atoms with Gasteiger partial charge in [-0.1, -0.05) is 38.3 Å². The smallest absolute Gasteiger partial charge is 0.242 e. The molecule has 0 fully saturated rings. The van der Waals surface area contributed by atoms with E-state index in [4.69, 9.17) is 4.43 Å². The van der Waals surface area contributed by atoms with Crippen LogP contribution in [0.1, 0.15) is 51.0 Å². The molecule has 120 valence electrons. The predicted octanol–water partition coefficient (Wildman–Crippen LogP) is 5.16. The molecular formula is C18H32O2Si. The molecule has 21 heavy (non-hydrogen) atoms. The van der Waals surface area contributed by atoms with Gasteiger partial charge in [0, 0.05) is 0 Å². The standard InChI is InChI=1S/C18H32O2Si/c1-5-17(19)11-9-7-6-8-10-16-12-14-18(15-13-16)20-21(2,3)4/h12-15,17,19H,5-11H2,1-4H3. The first kappa shape index (κ1) is 18.2. The molecule has 0 bridgehead atoms. The van der Waals surface area contributed by atoms with Crippen molar-refractivity contribution < 1.29 is 9.53 Å². The SMILES string of the molecule is CCC(O)CCCCCCc1ccc(O[Si](C)(C)C)cc1. The van der Waals surface area contributed by atoms with Crippen LogP contribution in [0.3, 0.4) is 0 Å². The Morgan fingerprint density at radius 1 is 1.00 bits per heavy atom. The Hall–Kier alpha value is -0.803. The number of hydrogen-bond donors (Lipinski definition) is 1. The van der Waals surface area contributed by atoms with Crippen molar-refractivity contribution in [2.75, 3.05) is 0 Å². The summed E-state index contributed by atoms with van der Waals surface area (Å²) in [7, 11) is -1.49. The van der Waals surface area contributed by atoms with E-state index in [2.05, 4.69) is 43.9 Å². The van der Waals surface area contributed by atoms with E-state index in [0.29, 0.717) is 0 Å². The predicted molar refractivity (Wildman–Crippen MR) is 93.5 cm³/mol. The van der Waals surface area contributed by atoms with Crippen LogP contribution < -0.4 is 4.43 Å². The summed E-state index contributed by atoms with van der Waals surface area (Å²) in [5.74, 6) is 1.01. The van der Waals surface area contributed by atoms with E-state index >= 15 is 0 Å². The van der Waals surface area contributed by atoms with Crippen molar-refractivity contribution in [1.29, 1.82) is 0 Å². The molecule has 0 heterocycles. The molecule has 2 nitrogen and oxygen atoms in total. The van der Waals surface area contributed by atoms with Gasteiger partial charge < -0.3 is 9.53 Å². The molecule has 1 aromatic carbocycles. The Balaban J connectivity index is 2.18. The van der Waals surface area contributed by atoms with Gasteiger partial charge in [-0.3, -0.25) is 0 Å². The van der Waals surface area contributed by atoms with Crippen LogP contribution in [0.25, 0.3) is 0 Å². The number of rotatable bonds is 10. The third kappa shape index (κ3) is 8.94. The maximum absolute atomic E-state index is 9.49. The summed E-state index contributed by atoms with van der Waals surface area (Å²) >= 11 is 0. The lowest BCUT2D eigenvalue weighted by atomic mass is 10.0. The fourth-order valence-electron chi connectivity index (χ4n) is 2.34. The zero-order valence-corrected chi connectivity index (χ0v) is 15.2. The number of aliphatic hydroxyl groups is 1. The summed E-state index contributed by atoms with van der Waals surface area (Å²) in [5.41, 5.74) is 1.39. The van der Waals surface area contributed by atoms with Gasteiger partial charge in [-0.15, -0.1) is 0 Å². The van der Waals surface area contributed by atoms with Crippen molar-refractivity contribution in [3.05, 3.63) is 29.8 Å². The highest BCUT2D eigenvalue weighted by Crippen LogP contribution is 2.18. The van der Waals surface area contributed by atoms with Gasteiger partial charge >= 0.3 is 0 Å². The summed E-state index contributed by atoms with van der Waals surface area (Å²) in [6, 6.07) is 8.59. The molecule has 1 rings (SSSR count). The van der Waals surface area contributed by atoms with Gasteiger partial charge in [-0.05, 0) is 63.0 Å². The molecule has 0 saturated heterocycles. The normalized spacial score (nSPS) is 13.2. The lowest BCUT2D eigenvalue weighted by Crippen LogP contribution is -2.29. The van der Waals surface area contributed by atoms with Crippen molar-refractivity contribution in [2.45, 2.75) is 77.6 Å². The van der Waals surface area contributed by atoms with Crippen LogP contribution in [0.4, 0.5) is 0 Å². The van der Waals surface area contributed by atoms with Gasteiger partial charge in [0.15, 0.2) is 0 Å². The third-order valence-electron chi connectivity index (χ3n) is 3.57. The van der Waals surface area contributed by atoms with Crippen molar-refractivity contribution in [2.24, 2.45) is 0 Å². The highest BCUT2D eigenvalue weighted by molar-refractivity contribution is 6.70. The molecule has 0 aromatic heterocycles. The molecule has 1 atom stereocenters. The molecule has 1 N–H and O–H groups in total. The monoisotopic (exact) mass is 308 g/mol. The fraction of sp³-hybridized carbons (Fsp3) is 0.667. The largest absolute Gasteiger partial charge is 0.544 e. The van der Waals surface area contributed by atoms with E-state index in [1.54, 1.807) is 0 Å². The maximum atomic E-state index is 9.49. The Morgan fingerprint density at radius 2 is 1.62 bits per heavy atom. The Labute approximate surface area is 131 Å². The van der Waals surface area contributed by atoms with Gasteiger partial charge in [0.25, 0.3) is 0 Å². The highest BCUT2D eigenvalue weighted by atomic mass is 28.4. The average Bonchev–Trinajstić information content (AvgIpc) is 2.42. The Kier molecular flexibility index (Phi) is 8.05. The van der Waals surface area contributed by atoms with Gasteiger partial charge in [0.05, 0.1) is 6.10 Å². The first-order valence-corrected chi connectivity index (χ1v) is 11.8. The number of aryl methyl sites for hydroxylation is 1. The van der Waals surface area contributed by atoms with Crippen LogP contribution in [0, 0.1) is 0 Å². The van der Waals surface area contributed by atoms with Gasteiger partial charge in [0.2, 0.25) is 8.32 Å². The Bertz CT molecular complexity index is 381. The summed E-state index contributed by atoms with van der Waals surface area (Å²) in [6.45, 7) is 8.66. The van der Waals surface area contributed by atoms with Crippen molar-refractivity contribution in [3.8, 4) is 5.75 Å². The van der Waals surface area contributed by atoms with Crippen LogP contribution in [-0.4, -0.2) is 19.5 Å². The van der Waals surface area contributed by atoms with E-state index in [9.17, 15) is 5.11 Å². The van der Waals surface area contributed by atoms with E-state index < -0.39 is 8.32 Å². The second-order valence-electron chi connectivity index (χ2n) is 6.87. The molecule has 3 heteroatoms. The molecule has 0 radical (unpaired) electrons. The van der Waals surface area contributed by atoms with E-state index in [-0.39, 0.29) is 6.10 Å². The van der Waals surface area contributed by atoms with E-state index in [0.717, 1.165) is 31.4 Å². The molecule has 0 aliphatic rings. The molecule has 1 unspecified atom stereocenters. The number of unbranched alkanes of at least 4 members (excludes halogenated alkanes) is 3. The topological polar surface area (TPSA) is 29.5 Å². The van der Waals surface area contributed by atoms with Gasteiger partial charge in [-0.25, -0.2) is 0 Å². The maximum Gasteiger partial charge on any atom is 0.242 e. The zero-order valence-electron chi connectivity index (χ0n) is 14.2. The minimum Gasteiger partial charge on any atom is -0.544 e. The molecule has 0 saturated carbocycles. The van der Waals surface area contributed by atoms with Crippen LogP contribution >= 0.6 is 0 Å². The van der Waals surface area contributed by atoms with Crippen LogP contribution in [0.5, 0.6) is 5.75 Å². The summed E-state index contributed by atoms with van der Waals surface area (Å²) in [6.07, 6.45) is 7.75. The quantitative estimate of drug-likeness (QED) is 0.477. The summed E-state index contributed by atoms with van der Waals surface area (Å²) in [4.78, 5) is 0. The molecule has 0 aliphatic carbocycles. The number of benzene rings is 1. The average molecular weight is 309 g/mol. The molecule has 0 amide bonds. The number of hydrogen-bond acceptors (Lipinski definition) is 2. The van der Waals surface area contributed by atoms with E-state index in [1.165, 1.54) is 24.8 Å². The van der Waals surface area contributed by atoms with Crippen LogP contribution in [-0.2, 0) is 6.42 Å². The molecule has 1 aromatic rings. The molecular weight excluding hydrogens is 276 g/mol. The molecule has 0 aliphatic heterocycles. The van der Waals surface area contributed by atoms with Crippen LogP contribution in [0.2, 0.25) is 19.6 Å². The molecule has 0 spiro atoms.